The fourth-order valence-corrected chi connectivity index (χ4v) is 4.69. The molecule has 0 bridgehead atoms. The normalized spacial score (nSPS) is 17.7. The van der Waals surface area contributed by atoms with E-state index in [9.17, 15) is 9.59 Å². The molecule has 0 saturated carbocycles. The molecule has 0 radical (unpaired) electrons. The van der Waals surface area contributed by atoms with Gasteiger partial charge in [0, 0.05) is 10.8 Å². The van der Waals surface area contributed by atoms with Gasteiger partial charge in [-0.05, 0) is 50.8 Å². The standard InChI is InChI=1S/C19H28N4O2S/c1-4-11(2)9-14-12(3)26-19-16(14)18(25)21-15(22-19)10-23-7-5-13(6-8-23)17(20)24/h11,13H,4-10H2,1-3H3,(H2,20,24)(H,21,22,25)/t11-/m0/s1. The Morgan fingerprint density at radius 1 is 1.42 bits per heavy atom. The van der Waals surface area contributed by atoms with Gasteiger partial charge in [0.15, 0.2) is 0 Å². The fraction of sp³-hybridized carbons (Fsp3) is 0.632. The topological polar surface area (TPSA) is 92.1 Å². The smallest absolute Gasteiger partial charge is 0.259 e. The Labute approximate surface area is 157 Å². The number of carbonyl (C=O) groups excluding carboxylic acids is 1. The molecule has 0 unspecified atom stereocenters. The van der Waals surface area contributed by atoms with E-state index in [-0.39, 0.29) is 17.4 Å². The average molecular weight is 377 g/mol. The fourth-order valence-electron chi connectivity index (χ4n) is 3.62. The summed E-state index contributed by atoms with van der Waals surface area (Å²) in [4.78, 5) is 36.0. The molecule has 1 aliphatic heterocycles. The van der Waals surface area contributed by atoms with Crippen molar-refractivity contribution in [1.29, 1.82) is 0 Å². The Hall–Kier alpha value is -1.73. The third-order valence-electron chi connectivity index (χ3n) is 5.52. The number of likely N-dealkylation sites (tertiary alicyclic amines) is 1. The number of nitrogens with two attached hydrogens (primary N) is 1. The number of fused-ring (bicyclic) bond motifs is 1. The van der Waals surface area contributed by atoms with Gasteiger partial charge >= 0.3 is 0 Å². The van der Waals surface area contributed by atoms with Crippen LogP contribution in [-0.4, -0.2) is 33.9 Å². The largest absolute Gasteiger partial charge is 0.369 e. The second-order valence-corrected chi connectivity index (χ2v) is 8.70. The number of H-pyrrole nitrogens is 1. The summed E-state index contributed by atoms with van der Waals surface area (Å²) in [5.74, 6) is 1.03. The molecule has 0 aromatic carbocycles. The van der Waals surface area contributed by atoms with E-state index in [0.717, 1.165) is 54.6 Å². The first-order valence-electron chi connectivity index (χ1n) is 9.41. The minimum Gasteiger partial charge on any atom is -0.369 e. The van der Waals surface area contributed by atoms with E-state index in [1.165, 1.54) is 4.88 Å². The molecule has 2 aromatic rings. The first-order valence-corrected chi connectivity index (χ1v) is 10.2. The molecule has 3 N–H and O–H groups in total. The van der Waals surface area contributed by atoms with Crippen LogP contribution in [-0.2, 0) is 17.8 Å². The minimum atomic E-state index is -0.208. The van der Waals surface area contributed by atoms with Gasteiger partial charge < -0.3 is 10.7 Å². The Morgan fingerprint density at radius 2 is 2.12 bits per heavy atom. The van der Waals surface area contributed by atoms with E-state index in [2.05, 4.69) is 30.7 Å². The van der Waals surface area contributed by atoms with Gasteiger partial charge in [-0.1, -0.05) is 20.3 Å². The number of aryl methyl sites for hydroxylation is 1. The summed E-state index contributed by atoms with van der Waals surface area (Å²) >= 11 is 1.62. The summed E-state index contributed by atoms with van der Waals surface area (Å²) in [5.41, 5.74) is 6.52. The first kappa shape index (κ1) is 19.0. The molecule has 0 spiro atoms. The molecule has 0 aliphatic carbocycles. The Morgan fingerprint density at radius 3 is 2.73 bits per heavy atom. The third-order valence-corrected chi connectivity index (χ3v) is 6.57. The van der Waals surface area contributed by atoms with Crippen molar-refractivity contribution in [1.82, 2.24) is 14.9 Å². The number of hydrogen-bond donors (Lipinski definition) is 2. The number of primary amides is 1. The van der Waals surface area contributed by atoms with Crippen LogP contribution in [0, 0.1) is 18.8 Å². The molecule has 1 atom stereocenters. The van der Waals surface area contributed by atoms with Crippen molar-refractivity contribution in [2.75, 3.05) is 13.1 Å². The molecular weight excluding hydrogens is 348 g/mol. The molecule has 2 aromatic heterocycles. The van der Waals surface area contributed by atoms with E-state index < -0.39 is 0 Å². The SMILES string of the molecule is CC[C@H](C)Cc1c(C)sc2nc(CN3CCC(C(N)=O)CC3)[nH]c(=O)c12. The second-order valence-electron chi connectivity index (χ2n) is 7.50. The van der Waals surface area contributed by atoms with E-state index in [4.69, 9.17) is 10.7 Å². The maximum atomic E-state index is 12.7. The number of aromatic nitrogens is 2. The van der Waals surface area contributed by atoms with Crippen LogP contribution in [0.2, 0.25) is 0 Å². The lowest BCUT2D eigenvalue weighted by Gasteiger charge is -2.29. The molecule has 26 heavy (non-hydrogen) atoms. The number of aromatic amines is 1. The average Bonchev–Trinajstić information content (AvgIpc) is 2.91. The Bertz CT molecular complexity index is 849. The Balaban J connectivity index is 1.79. The van der Waals surface area contributed by atoms with Gasteiger partial charge in [-0.15, -0.1) is 11.3 Å². The van der Waals surface area contributed by atoms with Crippen LogP contribution in [0.5, 0.6) is 0 Å². The second kappa shape index (κ2) is 7.88. The third kappa shape index (κ3) is 3.99. The van der Waals surface area contributed by atoms with Crippen LogP contribution in [0.3, 0.4) is 0 Å². The molecule has 1 saturated heterocycles. The number of nitrogens with one attached hydrogen (secondary N) is 1. The van der Waals surface area contributed by atoms with E-state index in [1.54, 1.807) is 11.3 Å². The van der Waals surface area contributed by atoms with Crippen molar-refractivity contribution in [3.63, 3.8) is 0 Å². The van der Waals surface area contributed by atoms with Crippen LogP contribution in [0.1, 0.15) is 49.4 Å². The van der Waals surface area contributed by atoms with Gasteiger partial charge in [0.2, 0.25) is 5.91 Å². The van der Waals surface area contributed by atoms with Crippen molar-refractivity contribution in [3.05, 3.63) is 26.6 Å². The van der Waals surface area contributed by atoms with Crippen molar-refractivity contribution in [3.8, 4) is 0 Å². The molecule has 1 aliphatic rings. The maximum absolute atomic E-state index is 12.7. The molecule has 3 heterocycles. The number of nitrogens with zero attached hydrogens (tertiary/aromatic N) is 2. The number of thiophene rings is 1. The van der Waals surface area contributed by atoms with Gasteiger partial charge in [-0.25, -0.2) is 4.98 Å². The van der Waals surface area contributed by atoms with Gasteiger partial charge in [0.25, 0.3) is 5.56 Å². The van der Waals surface area contributed by atoms with E-state index in [0.29, 0.717) is 18.3 Å². The highest BCUT2D eigenvalue weighted by Gasteiger charge is 2.24. The molecule has 7 heteroatoms. The molecule has 1 amide bonds. The van der Waals surface area contributed by atoms with Gasteiger partial charge in [0.05, 0.1) is 11.9 Å². The van der Waals surface area contributed by atoms with Crippen molar-refractivity contribution < 1.29 is 4.79 Å². The summed E-state index contributed by atoms with van der Waals surface area (Å²) in [6.07, 6.45) is 3.58. The maximum Gasteiger partial charge on any atom is 0.259 e. The highest BCUT2D eigenvalue weighted by Crippen LogP contribution is 2.29. The number of hydrogen-bond acceptors (Lipinski definition) is 5. The van der Waals surface area contributed by atoms with Crippen LogP contribution < -0.4 is 11.3 Å². The lowest BCUT2D eigenvalue weighted by Crippen LogP contribution is -2.38. The van der Waals surface area contributed by atoms with Gasteiger partial charge in [-0.3, -0.25) is 14.5 Å². The summed E-state index contributed by atoms with van der Waals surface area (Å²) < 4.78 is 0. The van der Waals surface area contributed by atoms with E-state index in [1.807, 2.05) is 0 Å². The van der Waals surface area contributed by atoms with Gasteiger partial charge in [-0.2, -0.15) is 0 Å². The lowest BCUT2D eigenvalue weighted by atomic mass is 9.96. The Kier molecular flexibility index (Phi) is 5.77. The highest BCUT2D eigenvalue weighted by molar-refractivity contribution is 7.18. The van der Waals surface area contributed by atoms with Crippen molar-refractivity contribution in [2.45, 2.75) is 53.0 Å². The van der Waals surface area contributed by atoms with Crippen LogP contribution >= 0.6 is 11.3 Å². The predicted molar refractivity (Wildman–Crippen MR) is 105 cm³/mol. The van der Waals surface area contributed by atoms with Crippen LogP contribution in [0.4, 0.5) is 0 Å². The highest BCUT2D eigenvalue weighted by atomic mass is 32.1. The number of piperidine rings is 1. The summed E-state index contributed by atoms with van der Waals surface area (Å²) in [5, 5.41) is 0.768. The molecule has 1 fully saturated rings. The first-order chi connectivity index (χ1) is 12.4. The summed E-state index contributed by atoms with van der Waals surface area (Å²) in [6.45, 7) is 8.69. The van der Waals surface area contributed by atoms with Crippen LogP contribution in [0.25, 0.3) is 10.2 Å². The minimum absolute atomic E-state index is 0.0243. The zero-order chi connectivity index (χ0) is 18.8. The summed E-state index contributed by atoms with van der Waals surface area (Å²) in [6, 6.07) is 0. The predicted octanol–water partition coefficient (Wildman–Crippen LogP) is 2.58. The monoisotopic (exact) mass is 376 g/mol. The van der Waals surface area contributed by atoms with Crippen molar-refractivity contribution in [2.24, 2.45) is 17.6 Å². The number of carbonyl (C=O) groups is 1. The number of rotatable bonds is 6. The van der Waals surface area contributed by atoms with Gasteiger partial charge in [0.1, 0.15) is 10.7 Å². The molecule has 3 rings (SSSR count). The zero-order valence-corrected chi connectivity index (χ0v) is 16.6. The molecule has 6 nitrogen and oxygen atoms in total. The van der Waals surface area contributed by atoms with Crippen LogP contribution in [0.15, 0.2) is 4.79 Å². The van der Waals surface area contributed by atoms with Crippen molar-refractivity contribution >= 4 is 27.5 Å². The quantitative estimate of drug-likeness (QED) is 0.810. The molecular formula is C19H28N4O2S. The van der Waals surface area contributed by atoms with E-state index >= 15 is 0 Å². The summed E-state index contributed by atoms with van der Waals surface area (Å²) in [7, 11) is 0. The molecule has 142 valence electrons. The number of amides is 1. The zero-order valence-electron chi connectivity index (χ0n) is 15.8. The lowest BCUT2D eigenvalue weighted by molar-refractivity contribution is -0.123.